The van der Waals surface area contributed by atoms with Gasteiger partial charge in [0.15, 0.2) is 0 Å². The number of aromatic nitrogens is 2. The van der Waals surface area contributed by atoms with Crippen LogP contribution in [0.4, 0.5) is 17.3 Å². The summed E-state index contributed by atoms with van der Waals surface area (Å²) in [6.45, 7) is 2.10. The molecule has 20 heavy (non-hydrogen) atoms. The second-order valence-corrected chi connectivity index (χ2v) is 5.12. The van der Waals surface area contributed by atoms with Crippen molar-refractivity contribution in [1.29, 1.82) is 0 Å². The maximum absolute atomic E-state index is 5.46. The third kappa shape index (κ3) is 3.61. The molecular weight excluding hydrogens is 270 g/mol. The van der Waals surface area contributed by atoms with Crippen molar-refractivity contribution in [3.05, 3.63) is 36.2 Å². The van der Waals surface area contributed by atoms with E-state index in [-0.39, 0.29) is 0 Å². The Labute approximate surface area is 123 Å². The van der Waals surface area contributed by atoms with Crippen LogP contribution < -0.4 is 16.6 Å². The van der Waals surface area contributed by atoms with Gasteiger partial charge in [-0.3, -0.25) is 0 Å². The van der Waals surface area contributed by atoms with Gasteiger partial charge >= 0.3 is 0 Å². The zero-order valence-corrected chi connectivity index (χ0v) is 12.5. The molecule has 0 aliphatic carbocycles. The molecule has 0 fully saturated rings. The Morgan fingerprint density at radius 1 is 1.20 bits per heavy atom. The van der Waals surface area contributed by atoms with Crippen LogP contribution in [0.2, 0.25) is 0 Å². The molecule has 0 amide bonds. The third-order valence-electron chi connectivity index (χ3n) is 2.76. The molecule has 0 aliphatic rings. The van der Waals surface area contributed by atoms with Gasteiger partial charge in [-0.2, -0.15) is 0 Å². The van der Waals surface area contributed by atoms with Crippen LogP contribution in [0.1, 0.15) is 19.2 Å². The number of aryl methyl sites for hydroxylation is 1. The number of para-hydroxylation sites is 1. The predicted octanol–water partition coefficient (Wildman–Crippen LogP) is 3.18. The molecule has 1 aromatic heterocycles. The Kier molecular flexibility index (Phi) is 5.20. The van der Waals surface area contributed by atoms with E-state index >= 15 is 0 Å². The molecule has 5 nitrogen and oxygen atoms in total. The van der Waals surface area contributed by atoms with Gasteiger partial charge in [0.1, 0.15) is 17.5 Å². The second-order valence-electron chi connectivity index (χ2n) is 4.27. The number of nitrogens with zero attached hydrogens (tertiary/aromatic N) is 2. The van der Waals surface area contributed by atoms with Crippen LogP contribution in [0.25, 0.3) is 0 Å². The molecule has 2 rings (SSSR count). The number of nitrogens with one attached hydrogen (secondary N) is 2. The summed E-state index contributed by atoms with van der Waals surface area (Å²) in [5.41, 5.74) is 3.62. The molecule has 0 unspecified atom stereocenters. The number of nitrogen functional groups attached to an aromatic ring is 1. The summed E-state index contributed by atoms with van der Waals surface area (Å²) in [6.07, 6.45) is 3.87. The number of hydrogen-bond donors (Lipinski definition) is 3. The molecule has 0 bridgehead atoms. The fraction of sp³-hybridized carbons (Fsp3) is 0.286. The van der Waals surface area contributed by atoms with E-state index in [9.17, 15) is 0 Å². The minimum Gasteiger partial charge on any atom is -0.339 e. The Bertz CT molecular complexity index is 573. The molecule has 1 aromatic carbocycles. The van der Waals surface area contributed by atoms with Gasteiger partial charge in [-0.1, -0.05) is 19.1 Å². The lowest BCUT2D eigenvalue weighted by atomic mass is 10.3. The van der Waals surface area contributed by atoms with Crippen molar-refractivity contribution in [2.75, 3.05) is 17.0 Å². The van der Waals surface area contributed by atoms with Crippen LogP contribution in [0, 0.1) is 0 Å². The highest BCUT2D eigenvalue weighted by Crippen LogP contribution is 2.27. The molecule has 6 heteroatoms. The molecule has 0 atom stereocenters. The lowest BCUT2D eigenvalue weighted by molar-refractivity contribution is 0.837. The van der Waals surface area contributed by atoms with E-state index in [2.05, 4.69) is 40.0 Å². The molecule has 4 N–H and O–H groups in total. The van der Waals surface area contributed by atoms with Crippen LogP contribution in [-0.4, -0.2) is 16.2 Å². The minimum absolute atomic E-state index is 0.618. The molecule has 0 saturated heterocycles. The van der Waals surface area contributed by atoms with Crippen molar-refractivity contribution in [1.82, 2.24) is 9.97 Å². The predicted molar refractivity (Wildman–Crippen MR) is 85.3 cm³/mol. The molecule has 0 saturated carbocycles. The first kappa shape index (κ1) is 14.6. The van der Waals surface area contributed by atoms with Crippen molar-refractivity contribution in [3.8, 4) is 0 Å². The maximum atomic E-state index is 5.46. The molecule has 0 aliphatic heterocycles. The molecule has 2 aromatic rings. The number of hydrogen-bond acceptors (Lipinski definition) is 6. The van der Waals surface area contributed by atoms with Gasteiger partial charge in [-0.05, 0) is 24.8 Å². The van der Waals surface area contributed by atoms with Gasteiger partial charge < -0.3 is 10.7 Å². The fourth-order valence-electron chi connectivity index (χ4n) is 1.86. The summed E-state index contributed by atoms with van der Waals surface area (Å²) in [7, 11) is 0. The van der Waals surface area contributed by atoms with E-state index in [0.717, 1.165) is 30.2 Å². The van der Waals surface area contributed by atoms with E-state index in [1.165, 1.54) is 4.90 Å². The average molecular weight is 289 g/mol. The van der Waals surface area contributed by atoms with Gasteiger partial charge in [0.2, 0.25) is 0 Å². The van der Waals surface area contributed by atoms with Crippen LogP contribution >= 0.6 is 11.8 Å². The van der Waals surface area contributed by atoms with E-state index in [0.29, 0.717) is 5.82 Å². The van der Waals surface area contributed by atoms with Crippen LogP contribution in [0.3, 0.4) is 0 Å². The highest BCUT2D eigenvalue weighted by atomic mass is 32.2. The summed E-state index contributed by atoms with van der Waals surface area (Å²) in [5, 5.41) is 3.33. The number of rotatable bonds is 6. The first-order valence-electron chi connectivity index (χ1n) is 6.51. The fourth-order valence-corrected chi connectivity index (χ4v) is 2.41. The number of anilines is 3. The summed E-state index contributed by atoms with van der Waals surface area (Å²) >= 11 is 1.69. The van der Waals surface area contributed by atoms with Crippen molar-refractivity contribution in [2.24, 2.45) is 5.84 Å². The normalized spacial score (nSPS) is 10.3. The number of benzene rings is 1. The molecule has 0 radical (unpaired) electrons. The van der Waals surface area contributed by atoms with Crippen LogP contribution in [-0.2, 0) is 6.42 Å². The summed E-state index contributed by atoms with van der Waals surface area (Å²) < 4.78 is 0. The quantitative estimate of drug-likeness (QED) is 0.431. The second kappa shape index (κ2) is 7.12. The monoisotopic (exact) mass is 289 g/mol. The van der Waals surface area contributed by atoms with E-state index in [4.69, 9.17) is 5.84 Å². The number of nitrogens with two attached hydrogens (primary N) is 1. The van der Waals surface area contributed by atoms with Gasteiger partial charge in [0.25, 0.3) is 0 Å². The Morgan fingerprint density at radius 2 is 1.95 bits per heavy atom. The van der Waals surface area contributed by atoms with Crippen molar-refractivity contribution >= 4 is 29.1 Å². The molecule has 0 spiro atoms. The SMILES string of the molecule is CCCc1nc(NN)cc(Nc2ccccc2SC)n1. The van der Waals surface area contributed by atoms with E-state index < -0.39 is 0 Å². The van der Waals surface area contributed by atoms with Gasteiger partial charge in [-0.25, -0.2) is 15.8 Å². The van der Waals surface area contributed by atoms with Crippen LogP contribution in [0.15, 0.2) is 35.2 Å². The molecule has 106 valence electrons. The molecular formula is C14H19N5S. The number of thioether (sulfide) groups is 1. The first-order chi connectivity index (χ1) is 9.76. The maximum Gasteiger partial charge on any atom is 0.145 e. The first-order valence-corrected chi connectivity index (χ1v) is 7.74. The van der Waals surface area contributed by atoms with Gasteiger partial charge in [-0.15, -0.1) is 11.8 Å². The summed E-state index contributed by atoms with van der Waals surface area (Å²) in [5.74, 6) is 7.61. The van der Waals surface area contributed by atoms with Crippen molar-refractivity contribution in [3.63, 3.8) is 0 Å². The Hall–Kier alpha value is -1.79. The Balaban J connectivity index is 2.30. The summed E-state index contributed by atoms with van der Waals surface area (Å²) in [4.78, 5) is 10.0. The van der Waals surface area contributed by atoms with Crippen LogP contribution in [0.5, 0.6) is 0 Å². The highest BCUT2D eigenvalue weighted by Gasteiger charge is 2.06. The Morgan fingerprint density at radius 3 is 2.65 bits per heavy atom. The van der Waals surface area contributed by atoms with E-state index in [1.54, 1.807) is 17.8 Å². The van der Waals surface area contributed by atoms with Gasteiger partial charge in [0.05, 0.1) is 5.69 Å². The molecule has 1 heterocycles. The van der Waals surface area contributed by atoms with Crippen molar-refractivity contribution in [2.45, 2.75) is 24.7 Å². The zero-order valence-electron chi connectivity index (χ0n) is 11.7. The lowest BCUT2D eigenvalue weighted by Gasteiger charge is -2.11. The topological polar surface area (TPSA) is 75.9 Å². The van der Waals surface area contributed by atoms with Gasteiger partial charge in [0, 0.05) is 17.4 Å². The largest absolute Gasteiger partial charge is 0.339 e. The zero-order chi connectivity index (χ0) is 14.4. The van der Waals surface area contributed by atoms with Crippen molar-refractivity contribution < 1.29 is 0 Å². The van der Waals surface area contributed by atoms with E-state index in [1.807, 2.05) is 18.2 Å². The lowest BCUT2D eigenvalue weighted by Crippen LogP contribution is -2.11. The highest BCUT2D eigenvalue weighted by molar-refractivity contribution is 7.98. The summed E-state index contributed by atoms with van der Waals surface area (Å²) in [6, 6.07) is 9.92. The average Bonchev–Trinajstić information content (AvgIpc) is 2.48. The number of hydrazine groups is 1. The smallest absolute Gasteiger partial charge is 0.145 e. The standard InChI is InChI=1S/C14H19N5S/c1-3-6-12-17-13(9-14(18-12)19-15)16-10-7-4-5-8-11(10)20-2/h4-5,7-9H,3,6,15H2,1-2H3,(H2,16,17,18,19). The third-order valence-corrected chi connectivity index (χ3v) is 3.56. The minimum atomic E-state index is 0.618.